The van der Waals surface area contributed by atoms with Gasteiger partial charge in [0.1, 0.15) is 6.33 Å². The lowest BCUT2D eigenvalue weighted by atomic mass is 10.1. The number of benzene rings is 2. The number of carbonyl (C=O) groups is 1. The molecule has 1 aromatic heterocycles. The Kier molecular flexibility index (Phi) is 2.90. The summed E-state index contributed by atoms with van der Waals surface area (Å²) in [7, 11) is 0. The normalized spacial score (nSPS) is 10.9. The summed E-state index contributed by atoms with van der Waals surface area (Å²) in [6.07, 6.45) is 1.61. The molecule has 0 aliphatic rings. The standard InChI is InChI=1S/C17H16N2O/c1-11-6-4-5-7-14(11)17(20)19-10-18-15-8-12(2)13(3)9-16(15)19/h4-10H,1-3H3. The lowest BCUT2D eigenvalue weighted by molar-refractivity contribution is 0.0964. The molecule has 3 heteroatoms. The van der Waals surface area contributed by atoms with E-state index in [1.54, 1.807) is 10.9 Å². The third-order valence-electron chi connectivity index (χ3n) is 3.76. The maximum Gasteiger partial charge on any atom is 0.263 e. The van der Waals surface area contributed by atoms with Crippen LogP contribution in [0.4, 0.5) is 0 Å². The van der Waals surface area contributed by atoms with Crippen molar-refractivity contribution in [2.75, 3.05) is 0 Å². The van der Waals surface area contributed by atoms with E-state index in [1.807, 2.05) is 50.2 Å². The van der Waals surface area contributed by atoms with Crippen molar-refractivity contribution in [3.05, 3.63) is 65.0 Å². The van der Waals surface area contributed by atoms with E-state index in [0.29, 0.717) is 5.56 Å². The van der Waals surface area contributed by atoms with E-state index in [1.165, 1.54) is 5.56 Å². The van der Waals surface area contributed by atoms with Crippen molar-refractivity contribution < 1.29 is 4.79 Å². The Bertz CT molecular complexity index is 815. The molecule has 0 spiro atoms. The van der Waals surface area contributed by atoms with Crippen LogP contribution in [0.3, 0.4) is 0 Å². The Morgan fingerprint density at radius 2 is 1.70 bits per heavy atom. The molecule has 0 bridgehead atoms. The molecule has 2 aromatic carbocycles. The zero-order chi connectivity index (χ0) is 14.3. The van der Waals surface area contributed by atoms with Crippen molar-refractivity contribution in [3.63, 3.8) is 0 Å². The maximum absolute atomic E-state index is 12.7. The fraction of sp³-hybridized carbons (Fsp3) is 0.176. The molecule has 0 radical (unpaired) electrons. The molecule has 3 aromatic rings. The van der Waals surface area contributed by atoms with Crippen LogP contribution in [0.25, 0.3) is 11.0 Å². The molecule has 20 heavy (non-hydrogen) atoms. The van der Waals surface area contributed by atoms with Gasteiger partial charge in [0.15, 0.2) is 0 Å². The number of aryl methyl sites for hydroxylation is 3. The monoisotopic (exact) mass is 264 g/mol. The number of carbonyl (C=O) groups excluding carboxylic acids is 1. The van der Waals surface area contributed by atoms with Crippen LogP contribution in [-0.4, -0.2) is 15.5 Å². The summed E-state index contributed by atoms with van der Waals surface area (Å²) >= 11 is 0. The van der Waals surface area contributed by atoms with E-state index in [4.69, 9.17) is 0 Å². The van der Waals surface area contributed by atoms with Crippen LogP contribution in [0.5, 0.6) is 0 Å². The van der Waals surface area contributed by atoms with Gasteiger partial charge in [-0.25, -0.2) is 4.98 Å². The predicted molar refractivity (Wildman–Crippen MR) is 80.1 cm³/mol. The predicted octanol–water partition coefficient (Wildman–Crippen LogP) is 3.65. The molecule has 0 fully saturated rings. The van der Waals surface area contributed by atoms with Crippen LogP contribution < -0.4 is 0 Å². The van der Waals surface area contributed by atoms with Gasteiger partial charge in [-0.3, -0.25) is 9.36 Å². The van der Waals surface area contributed by atoms with E-state index in [0.717, 1.165) is 22.2 Å². The first-order valence-electron chi connectivity index (χ1n) is 6.62. The molecular weight excluding hydrogens is 248 g/mol. The van der Waals surface area contributed by atoms with E-state index in [9.17, 15) is 4.79 Å². The van der Waals surface area contributed by atoms with Crippen LogP contribution in [-0.2, 0) is 0 Å². The van der Waals surface area contributed by atoms with Crippen molar-refractivity contribution >= 4 is 16.9 Å². The SMILES string of the molecule is Cc1cc2ncn(C(=O)c3ccccc3C)c2cc1C. The van der Waals surface area contributed by atoms with Crippen LogP contribution in [0, 0.1) is 20.8 Å². The van der Waals surface area contributed by atoms with Gasteiger partial charge in [-0.2, -0.15) is 0 Å². The molecule has 0 saturated heterocycles. The summed E-state index contributed by atoms with van der Waals surface area (Å²) < 4.78 is 1.63. The van der Waals surface area contributed by atoms with Crippen molar-refractivity contribution in [2.24, 2.45) is 0 Å². The minimum atomic E-state index is -0.0335. The second kappa shape index (κ2) is 4.60. The Hall–Kier alpha value is -2.42. The molecule has 1 heterocycles. The third-order valence-corrected chi connectivity index (χ3v) is 3.76. The average molecular weight is 264 g/mol. The smallest absolute Gasteiger partial charge is 0.263 e. The van der Waals surface area contributed by atoms with Gasteiger partial charge in [-0.05, 0) is 55.7 Å². The fourth-order valence-electron chi connectivity index (χ4n) is 2.37. The topological polar surface area (TPSA) is 34.9 Å². The number of imidazole rings is 1. The quantitative estimate of drug-likeness (QED) is 0.672. The van der Waals surface area contributed by atoms with Gasteiger partial charge >= 0.3 is 0 Å². The Morgan fingerprint density at radius 1 is 1.00 bits per heavy atom. The van der Waals surface area contributed by atoms with Crippen LogP contribution in [0.2, 0.25) is 0 Å². The van der Waals surface area contributed by atoms with Gasteiger partial charge in [0.05, 0.1) is 11.0 Å². The van der Waals surface area contributed by atoms with Crippen molar-refractivity contribution in [1.29, 1.82) is 0 Å². The summed E-state index contributed by atoms with van der Waals surface area (Å²) in [5.41, 5.74) is 5.76. The van der Waals surface area contributed by atoms with E-state index >= 15 is 0 Å². The number of nitrogens with zero attached hydrogens (tertiary/aromatic N) is 2. The Morgan fingerprint density at radius 3 is 2.45 bits per heavy atom. The van der Waals surface area contributed by atoms with Gasteiger partial charge in [0.2, 0.25) is 0 Å². The van der Waals surface area contributed by atoms with E-state index in [2.05, 4.69) is 11.9 Å². The maximum atomic E-state index is 12.7. The number of fused-ring (bicyclic) bond motifs is 1. The first-order valence-corrected chi connectivity index (χ1v) is 6.62. The minimum absolute atomic E-state index is 0.0335. The summed E-state index contributed by atoms with van der Waals surface area (Å²) in [6.45, 7) is 6.04. The van der Waals surface area contributed by atoms with Crippen LogP contribution in [0.15, 0.2) is 42.7 Å². The van der Waals surface area contributed by atoms with Gasteiger partial charge in [0, 0.05) is 5.56 Å². The number of rotatable bonds is 1. The fourth-order valence-corrected chi connectivity index (χ4v) is 2.37. The van der Waals surface area contributed by atoms with Crippen LogP contribution in [0.1, 0.15) is 27.0 Å². The van der Waals surface area contributed by atoms with Gasteiger partial charge in [-0.1, -0.05) is 18.2 Å². The molecule has 0 atom stereocenters. The van der Waals surface area contributed by atoms with Gasteiger partial charge < -0.3 is 0 Å². The highest BCUT2D eigenvalue weighted by Gasteiger charge is 2.14. The molecule has 100 valence electrons. The number of hydrogen-bond donors (Lipinski definition) is 0. The highest BCUT2D eigenvalue weighted by molar-refractivity contribution is 6.02. The molecule has 0 aliphatic heterocycles. The van der Waals surface area contributed by atoms with E-state index < -0.39 is 0 Å². The second-order valence-electron chi connectivity index (χ2n) is 5.16. The van der Waals surface area contributed by atoms with Gasteiger partial charge in [0.25, 0.3) is 5.91 Å². The molecule has 0 amide bonds. The summed E-state index contributed by atoms with van der Waals surface area (Å²) in [6, 6.07) is 11.7. The lowest BCUT2D eigenvalue weighted by Crippen LogP contribution is -2.12. The van der Waals surface area contributed by atoms with Crippen LogP contribution >= 0.6 is 0 Å². The zero-order valence-corrected chi connectivity index (χ0v) is 11.8. The number of hydrogen-bond acceptors (Lipinski definition) is 2. The first-order chi connectivity index (χ1) is 9.58. The lowest BCUT2D eigenvalue weighted by Gasteiger charge is -2.07. The van der Waals surface area contributed by atoms with Gasteiger partial charge in [-0.15, -0.1) is 0 Å². The summed E-state index contributed by atoms with van der Waals surface area (Å²) in [5.74, 6) is -0.0335. The highest BCUT2D eigenvalue weighted by Crippen LogP contribution is 2.20. The zero-order valence-electron chi connectivity index (χ0n) is 11.8. The molecular formula is C17H16N2O. The first kappa shape index (κ1) is 12.6. The van der Waals surface area contributed by atoms with Crippen molar-refractivity contribution in [3.8, 4) is 0 Å². The van der Waals surface area contributed by atoms with Crippen molar-refractivity contribution in [1.82, 2.24) is 9.55 Å². The highest BCUT2D eigenvalue weighted by atomic mass is 16.2. The largest absolute Gasteiger partial charge is 0.268 e. The Labute approximate surface area is 117 Å². The molecule has 0 unspecified atom stereocenters. The molecule has 3 rings (SSSR count). The Balaban J connectivity index is 2.18. The number of aromatic nitrogens is 2. The molecule has 0 saturated carbocycles. The summed E-state index contributed by atoms with van der Waals surface area (Å²) in [5, 5.41) is 0. The van der Waals surface area contributed by atoms with E-state index in [-0.39, 0.29) is 5.91 Å². The summed E-state index contributed by atoms with van der Waals surface area (Å²) in [4.78, 5) is 17.0. The molecule has 0 N–H and O–H groups in total. The molecule has 0 aliphatic carbocycles. The minimum Gasteiger partial charge on any atom is -0.268 e. The van der Waals surface area contributed by atoms with Crippen molar-refractivity contribution in [2.45, 2.75) is 20.8 Å². The third kappa shape index (κ3) is 1.92. The second-order valence-corrected chi connectivity index (χ2v) is 5.16. The molecule has 3 nitrogen and oxygen atoms in total. The average Bonchev–Trinajstić information content (AvgIpc) is 2.82.